The van der Waals surface area contributed by atoms with Crippen molar-refractivity contribution in [1.29, 1.82) is 0 Å². The van der Waals surface area contributed by atoms with Crippen molar-refractivity contribution in [3.8, 4) is 5.75 Å². The van der Waals surface area contributed by atoms with Crippen molar-refractivity contribution < 1.29 is 9.13 Å². The van der Waals surface area contributed by atoms with Crippen LogP contribution in [0.15, 0.2) is 35.1 Å². The van der Waals surface area contributed by atoms with Crippen LogP contribution in [0.4, 0.5) is 4.39 Å². The van der Waals surface area contributed by atoms with Crippen molar-refractivity contribution in [2.45, 2.75) is 19.9 Å². The first-order valence-electron chi connectivity index (χ1n) is 5.78. The fraction of sp³-hybridized carbons (Fsp3) is 0.308. The molecule has 0 unspecified atom stereocenters. The average molecular weight is 313 g/mol. The van der Waals surface area contributed by atoms with Gasteiger partial charge in [0.25, 0.3) is 0 Å². The van der Waals surface area contributed by atoms with Gasteiger partial charge in [-0.1, -0.05) is 28.9 Å². The molecule has 18 heavy (non-hydrogen) atoms. The highest BCUT2D eigenvalue weighted by atomic mass is 79.9. The Kier molecular flexibility index (Phi) is 4.36. The summed E-state index contributed by atoms with van der Waals surface area (Å²) in [4.78, 5) is 0. The maximum absolute atomic E-state index is 13.0. The molecule has 5 heteroatoms. The van der Waals surface area contributed by atoms with Crippen molar-refractivity contribution in [3.63, 3.8) is 0 Å². The number of aromatic nitrogens is 2. The van der Waals surface area contributed by atoms with E-state index >= 15 is 0 Å². The van der Waals surface area contributed by atoms with Gasteiger partial charge in [0.2, 0.25) is 0 Å². The van der Waals surface area contributed by atoms with Gasteiger partial charge < -0.3 is 4.74 Å². The zero-order valence-corrected chi connectivity index (χ0v) is 11.7. The van der Waals surface area contributed by atoms with Crippen LogP contribution < -0.4 is 4.74 Å². The van der Waals surface area contributed by atoms with Crippen LogP contribution >= 0.6 is 15.9 Å². The lowest BCUT2D eigenvalue weighted by atomic mass is 10.2. The lowest BCUT2D eigenvalue weighted by molar-refractivity contribution is 0.317. The average Bonchev–Trinajstić information content (AvgIpc) is 2.78. The fourth-order valence-corrected chi connectivity index (χ4v) is 2.03. The molecule has 0 aliphatic carbocycles. The summed E-state index contributed by atoms with van der Waals surface area (Å²) in [6.45, 7) is 3.32. The minimum atomic E-state index is -0.252. The normalized spacial score (nSPS) is 10.6. The number of halogens is 2. The molecular formula is C13H14BrFN2O. The quantitative estimate of drug-likeness (QED) is 0.843. The van der Waals surface area contributed by atoms with Gasteiger partial charge in [-0.2, -0.15) is 5.10 Å². The number of ether oxygens (including phenoxy) is 1. The minimum Gasteiger partial charge on any atom is -0.490 e. The third-order valence-electron chi connectivity index (χ3n) is 2.43. The van der Waals surface area contributed by atoms with Gasteiger partial charge in [0.1, 0.15) is 5.82 Å². The third-order valence-corrected chi connectivity index (χ3v) is 3.17. The molecule has 0 radical (unpaired) electrons. The Morgan fingerprint density at radius 1 is 1.44 bits per heavy atom. The molecule has 0 spiro atoms. The van der Waals surface area contributed by atoms with Crippen molar-refractivity contribution in [2.75, 3.05) is 6.61 Å². The predicted octanol–water partition coefficient (Wildman–Crippen LogP) is 3.62. The first kappa shape index (κ1) is 13.1. The number of rotatable bonds is 5. The van der Waals surface area contributed by atoms with E-state index in [0.717, 1.165) is 22.2 Å². The van der Waals surface area contributed by atoms with E-state index in [0.29, 0.717) is 13.2 Å². The van der Waals surface area contributed by atoms with Gasteiger partial charge in [-0.05, 0) is 24.1 Å². The second-order valence-corrected chi connectivity index (χ2v) is 4.81. The van der Waals surface area contributed by atoms with Gasteiger partial charge in [0.05, 0.1) is 25.5 Å². The highest BCUT2D eigenvalue weighted by molar-refractivity contribution is 9.10. The zero-order valence-electron chi connectivity index (χ0n) is 10.1. The highest BCUT2D eigenvalue weighted by Crippen LogP contribution is 2.19. The number of hydrogen-bond acceptors (Lipinski definition) is 2. The van der Waals surface area contributed by atoms with Crippen LogP contribution in [-0.2, 0) is 6.54 Å². The van der Waals surface area contributed by atoms with Crippen LogP contribution in [0.5, 0.6) is 5.75 Å². The van der Waals surface area contributed by atoms with Crippen molar-refractivity contribution in [3.05, 3.63) is 46.4 Å². The Morgan fingerprint density at radius 3 is 3.00 bits per heavy atom. The Labute approximate surface area is 114 Å². The summed E-state index contributed by atoms with van der Waals surface area (Å²) in [7, 11) is 0. The van der Waals surface area contributed by atoms with Crippen LogP contribution in [0.2, 0.25) is 0 Å². The van der Waals surface area contributed by atoms with E-state index in [2.05, 4.69) is 28.0 Å². The largest absolute Gasteiger partial charge is 0.490 e. The molecule has 1 heterocycles. The molecule has 2 rings (SSSR count). The second kappa shape index (κ2) is 6.00. The molecule has 1 aromatic heterocycles. The van der Waals surface area contributed by atoms with E-state index in [4.69, 9.17) is 4.74 Å². The van der Waals surface area contributed by atoms with Crippen LogP contribution in [0.3, 0.4) is 0 Å². The molecular weight excluding hydrogens is 299 g/mol. The summed E-state index contributed by atoms with van der Waals surface area (Å²) in [6.07, 6.45) is 4.49. The lowest BCUT2D eigenvalue weighted by Gasteiger charge is -2.04. The monoisotopic (exact) mass is 312 g/mol. The zero-order chi connectivity index (χ0) is 13.0. The number of hydrogen-bond donors (Lipinski definition) is 0. The summed E-state index contributed by atoms with van der Waals surface area (Å²) >= 11 is 3.34. The Balaban J connectivity index is 2.06. The van der Waals surface area contributed by atoms with Crippen LogP contribution in [0.1, 0.15) is 18.9 Å². The molecule has 0 N–H and O–H groups in total. The van der Waals surface area contributed by atoms with Gasteiger partial charge >= 0.3 is 0 Å². The smallest absolute Gasteiger partial charge is 0.157 e. The highest BCUT2D eigenvalue weighted by Gasteiger charge is 2.04. The topological polar surface area (TPSA) is 27.1 Å². The third kappa shape index (κ3) is 3.32. The SMILES string of the molecule is CCCOc1cnn(Cc2ccc(F)cc2Br)c1. The lowest BCUT2D eigenvalue weighted by Crippen LogP contribution is -2.01. The van der Waals surface area contributed by atoms with Gasteiger partial charge in [-0.15, -0.1) is 0 Å². The van der Waals surface area contributed by atoms with Crippen LogP contribution in [0, 0.1) is 5.82 Å². The molecule has 0 atom stereocenters. The summed E-state index contributed by atoms with van der Waals surface area (Å²) < 4.78 is 20.9. The Morgan fingerprint density at radius 2 is 2.28 bits per heavy atom. The maximum atomic E-state index is 13.0. The van der Waals surface area contributed by atoms with Crippen LogP contribution in [-0.4, -0.2) is 16.4 Å². The van der Waals surface area contributed by atoms with E-state index in [-0.39, 0.29) is 5.82 Å². The van der Waals surface area contributed by atoms with E-state index in [1.807, 2.05) is 6.20 Å². The van der Waals surface area contributed by atoms with Gasteiger partial charge in [-0.3, -0.25) is 4.68 Å². The van der Waals surface area contributed by atoms with Crippen molar-refractivity contribution in [1.82, 2.24) is 9.78 Å². The predicted molar refractivity (Wildman–Crippen MR) is 71.2 cm³/mol. The Hall–Kier alpha value is -1.36. The molecule has 0 amide bonds. The van der Waals surface area contributed by atoms with Gasteiger partial charge in [0.15, 0.2) is 5.75 Å². The molecule has 2 aromatic rings. The standard InChI is InChI=1S/C13H14BrFN2O/c1-2-5-18-12-7-16-17(9-12)8-10-3-4-11(15)6-13(10)14/h3-4,6-7,9H,2,5,8H2,1H3. The molecule has 0 fully saturated rings. The fourth-order valence-electron chi connectivity index (χ4n) is 1.55. The minimum absolute atomic E-state index is 0.252. The van der Waals surface area contributed by atoms with Crippen molar-refractivity contribution >= 4 is 15.9 Å². The Bertz CT molecular complexity index is 527. The molecule has 0 bridgehead atoms. The van der Waals surface area contributed by atoms with Gasteiger partial charge in [0, 0.05) is 4.47 Å². The molecule has 0 aliphatic heterocycles. The van der Waals surface area contributed by atoms with E-state index in [1.54, 1.807) is 16.9 Å². The summed E-state index contributed by atoms with van der Waals surface area (Å²) in [6, 6.07) is 4.64. The second-order valence-electron chi connectivity index (χ2n) is 3.96. The van der Waals surface area contributed by atoms with E-state index < -0.39 is 0 Å². The van der Waals surface area contributed by atoms with Gasteiger partial charge in [-0.25, -0.2) is 4.39 Å². The number of nitrogens with zero attached hydrogens (tertiary/aromatic N) is 2. The molecule has 3 nitrogen and oxygen atoms in total. The summed E-state index contributed by atoms with van der Waals surface area (Å²) in [5.74, 6) is 0.508. The molecule has 96 valence electrons. The summed E-state index contributed by atoms with van der Waals surface area (Å²) in [5.41, 5.74) is 0.974. The maximum Gasteiger partial charge on any atom is 0.157 e. The first-order valence-corrected chi connectivity index (χ1v) is 6.57. The van der Waals surface area contributed by atoms with Crippen LogP contribution in [0.25, 0.3) is 0 Å². The van der Waals surface area contributed by atoms with E-state index in [1.165, 1.54) is 12.1 Å². The molecule has 0 aliphatic rings. The molecule has 0 saturated carbocycles. The number of benzene rings is 1. The molecule has 1 aromatic carbocycles. The first-order chi connectivity index (χ1) is 8.69. The molecule has 0 saturated heterocycles. The summed E-state index contributed by atoms with van der Waals surface area (Å²) in [5, 5.41) is 4.21. The van der Waals surface area contributed by atoms with E-state index in [9.17, 15) is 4.39 Å². The van der Waals surface area contributed by atoms with Crippen molar-refractivity contribution in [2.24, 2.45) is 0 Å².